The number of carboxylic acid groups (broad SMARTS) is 1. The topological polar surface area (TPSA) is 37.3 Å². The molecule has 0 aliphatic rings. The Kier molecular flexibility index (Phi) is 4.13. The van der Waals surface area contributed by atoms with E-state index in [2.05, 4.69) is 0 Å². The van der Waals surface area contributed by atoms with Crippen LogP contribution in [0.4, 0.5) is 8.78 Å². The Morgan fingerprint density at radius 3 is 2.33 bits per heavy atom. The summed E-state index contributed by atoms with van der Waals surface area (Å²) in [5.74, 6) is -5.07. The first-order chi connectivity index (χ1) is 5.38. The Morgan fingerprint density at radius 2 is 2.08 bits per heavy atom. The molecule has 1 atom stereocenters. The highest BCUT2D eigenvalue weighted by Crippen LogP contribution is 2.30. The van der Waals surface area contributed by atoms with Gasteiger partial charge in [0.2, 0.25) is 5.92 Å². The van der Waals surface area contributed by atoms with Gasteiger partial charge in [-0.2, -0.15) is 0 Å². The summed E-state index contributed by atoms with van der Waals surface area (Å²) in [4.78, 5) is 10.2. The number of halogens is 2. The fraction of sp³-hybridized carbons (Fsp3) is 0.875. The lowest BCUT2D eigenvalue weighted by molar-refractivity contribution is -0.142. The molecule has 0 aromatic rings. The van der Waals surface area contributed by atoms with Crippen molar-refractivity contribution in [3.8, 4) is 0 Å². The van der Waals surface area contributed by atoms with Crippen LogP contribution in [-0.2, 0) is 4.79 Å². The molecule has 0 amide bonds. The van der Waals surface area contributed by atoms with Crippen LogP contribution in [0, 0.1) is 5.92 Å². The van der Waals surface area contributed by atoms with E-state index in [1.165, 1.54) is 0 Å². The third-order valence-corrected chi connectivity index (χ3v) is 1.78. The maximum absolute atomic E-state index is 12.7. The molecule has 12 heavy (non-hydrogen) atoms. The molecule has 0 heterocycles. The van der Waals surface area contributed by atoms with Crippen LogP contribution in [0.1, 0.15) is 33.1 Å². The van der Waals surface area contributed by atoms with Gasteiger partial charge in [0.25, 0.3) is 0 Å². The van der Waals surface area contributed by atoms with Crippen LogP contribution < -0.4 is 0 Å². The van der Waals surface area contributed by atoms with Crippen LogP contribution in [-0.4, -0.2) is 17.0 Å². The molecule has 0 aliphatic heterocycles. The molecule has 0 radical (unpaired) electrons. The number of rotatable bonds is 5. The van der Waals surface area contributed by atoms with Crippen molar-refractivity contribution in [3.63, 3.8) is 0 Å². The Morgan fingerprint density at radius 1 is 1.58 bits per heavy atom. The summed E-state index contributed by atoms with van der Waals surface area (Å²) in [5.41, 5.74) is 0. The van der Waals surface area contributed by atoms with E-state index in [0.29, 0.717) is 6.42 Å². The molecule has 0 rings (SSSR count). The first-order valence-electron chi connectivity index (χ1n) is 3.97. The van der Waals surface area contributed by atoms with Crippen LogP contribution in [0.5, 0.6) is 0 Å². The Hall–Kier alpha value is -0.670. The smallest absolute Gasteiger partial charge is 0.303 e. The first kappa shape index (κ1) is 11.3. The Labute approximate surface area is 70.6 Å². The van der Waals surface area contributed by atoms with Gasteiger partial charge in [-0.05, 0) is 13.3 Å². The second-order valence-corrected chi connectivity index (χ2v) is 3.04. The average molecular weight is 180 g/mol. The Balaban J connectivity index is 4.13. The van der Waals surface area contributed by atoms with E-state index >= 15 is 0 Å². The summed E-state index contributed by atoms with van der Waals surface area (Å²) in [5, 5.41) is 8.34. The third-order valence-electron chi connectivity index (χ3n) is 1.78. The zero-order valence-corrected chi connectivity index (χ0v) is 7.31. The maximum Gasteiger partial charge on any atom is 0.303 e. The zero-order valence-electron chi connectivity index (χ0n) is 7.31. The molecule has 0 bridgehead atoms. The largest absolute Gasteiger partial charge is 0.481 e. The summed E-state index contributed by atoms with van der Waals surface area (Å²) in [6.45, 7) is 2.54. The van der Waals surface area contributed by atoms with E-state index in [0.717, 1.165) is 6.92 Å². The van der Waals surface area contributed by atoms with Gasteiger partial charge in [0, 0.05) is 5.92 Å². The van der Waals surface area contributed by atoms with E-state index in [1.54, 1.807) is 6.92 Å². The molecule has 2 nitrogen and oxygen atoms in total. The molecular weight excluding hydrogens is 166 g/mol. The lowest BCUT2D eigenvalue weighted by Gasteiger charge is -2.20. The number of alkyl halides is 2. The average Bonchev–Trinajstić information content (AvgIpc) is 1.83. The number of hydrogen-bond acceptors (Lipinski definition) is 1. The van der Waals surface area contributed by atoms with Crippen LogP contribution in [0.25, 0.3) is 0 Å². The summed E-state index contributed by atoms with van der Waals surface area (Å²) in [6.07, 6.45) is 0.397. The van der Waals surface area contributed by atoms with E-state index in [4.69, 9.17) is 5.11 Å². The minimum atomic E-state index is -2.88. The number of aliphatic carboxylic acids is 1. The highest BCUT2D eigenvalue weighted by molar-refractivity contribution is 5.67. The maximum atomic E-state index is 12.7. The number of carboxylic acids is 1. The minimum Gasteiger partial charge on any atom is -0.481 e. The van der Waals surface area contributed by atoms with Gasteiger partial charge in [0.15, 0.2) is 0 Å². The van der Waals surface area contributed by atoms with Crippen molar-refractivity contribution in [1.82, 2.24) is 0 Å². The van der Waals surface area contributed by atoms with Crippen molar-refractivity contribution in [3.05, 3.63) is 0 Å². The van der Waals surface area contributed by atoms with Crippen molar-refractivity contribution in [2.75, 3.05) is 0 Å². The van der Waals surface area contributed by atoms with Crippen LogP contribution in [0.3, 0.4) is 0 Å². The van der Waals surface area contributed by atoms with Gasteiger partial charge in [0.1, 0.15) is 0 Å². The summed E-state index contributed by atoms with van der Waals surface area (Å²) in [7, 11) is 0. The van der Waals surface area contributed by atoms with Gasteiger partial charge < -0.3 is 5.11 Å². The predicted molar refractivity (Wildman–Crippen MR) is 41.3 cm³/mol. The number of carbonyl (C=O) groups is 1. The second kappa shape index (κ2) is 4.38. The SMILES string of the molecule is CCCC(CC(=O)O)C(C)(F)F. The van der Waals surface area contributed by atoms with Crippen LogP contribution in [0.15, 0.2) is 0 Å². The summed E-state index contributed by atoms with van der Waals surface area (Å²) >= 11 is 0. The van der Waals surface area contributed by atoms with Crippen molar-refractivity contribution < 1.29 is 18.7 Å². The minimum absolute atomic E-state index is 0.260. The third kappa shape index (κ3) is 4.26. The van der Waals surface area contributed by atoms with Gasteiger partial charge in [-0.15, -0.1) is 0 Å². The van der Waals surface area contributed by atoms with Crippen LogP contribution in [0.2, 0.25) is 0 Å². The molecule has 0 spiro atoms. The van der Waals surface area contributed by atoms with E-state index in [9.17, 15) is 13.6 Å². The molecule has 0 aromatic carbocycles. The van der Waals surface area contributed by atoms with Gasteiger partial charge in [-0.3, -0.25) is 4.79 Å². The lowest BCUT2D eigenvalue weighted by atomic mass is 9.94. The molecule has 4 heteroatoms. The fourth-order valence-corrected chi connectivity index (χ4v) is 1.09. The van der Waals surface area contributed by atoms with Crippen molar-refractivity contribution >= 4 is 5.97 Å². The fourth-order valence-electron chi connectivity index (χ4n) is 1.09. The molecule has 0 fully saturated rings. The summed E-state index contributed by atoms with van der Waals surface area (Å²) < 4.78 is 25.3. The molecule has 1 N–H and O–H groups in total. The standard InChI is InChI=1S/C8H14F2O2/c1-3-4-6(5-7(11)12)8(2,9)10/h6H,3-5H2,1-2H3,(H,11,12). The lowest BCUT2D eigenvalue weighted by Crippen LogP contribution is -2.26. The van der Waals surface area contributed by atoms with E-state index < -0.39 is 24.2 Å². The van der Waals surface area contributed by atoms with Crippen molar-refractivity contribution in [1.29, 1.82) is 0 Å². The van der Waals surface area contributed by atoms with Crippen LogP contribution >= 0.6 is 0 Å². The quantitative estimate of drug-likeness (QED) is 0.705. The molecule has 0 saturated heterocycles. The monoisotopic (exact) mass is 180 g/mol. The van der Waals surface area contributed by atoms with Crippen molar-refractivity contribution in [2.24, 2.45) is 5.92 Å². The highest BCUT2D eigenvalue weighted by atomic mass is 19.3. The molecule has 72 valence electrons. The molecule has 0 aromatic heterocycles. The Bertz CT molecular complexity index is 152. The zero-order chi connectivity index (χ0) is 9.78. The predicted octanol–water partition coefficient (Wildman–Crippen LogP) is 2.53. The number of hydrogen-bond donors (Lipinski definition) is 1. The molecule has 1 unspecified atom stereocenters. The summed E-state index contributed by atoms with van der Waals surface area (Å²) in [6, 6.07) is 0. The molecule has 0 aliphatic carbocycles. The van der Waals surface area contributed by atoms with Crippen molar-refractivity contribution in [2.45, 2.75) is 39.0 Å². The second-order valence-electron chi connectivity index (χ2n) is 3.04. The first-order valence-corrected chi connectivity index (χ1v) is 3.97. The van der Waals surface area contributed by atoms with Gasteiger partial charge in [-0.25, -0.2) is 8.78 Å². The normalized spacial score (nSPS) is 14.3. The van der Waals surface area contributed by atoms with E-state index in [1.807, 2.05) is 0 Å². The van der Waals surface area contributed by atoms with Gasteiger partial charge >= 0.3 is 5.97 Å². The van der Waals surface area contributed by atoms with Gasteiger partial charge in [-0.1, -0.05) is 13.3 Å². The molecule has 0 saturated carbocycles. The van der Waals surface area contributed by atoms with Gasteiger partial charge in [0.05, 0.1) is 6.42 Å². The van der Waals surface area contributed by atoms with E-state index in [-0.39, 0.29) is 6.42 Å². The highest BCUT2D eigenvalue weighted by Gasteiger charge is 2.34. The molecular formula is C8H14F2O2.